The fourth-order valence-electron chi connectivity index (χ4n) is 12.4. The van der Waals surface area contributed by atoms with Gasteiger partial charge in [0.2, 0.25) is 76.8 Å². The van der Waals surface area contributed by atoms with E-state index in [1.807, 2.05) is 0 Å². The third-order valence-electron chi connectivity index (χ3n) is 20.0. The van der Waals surface area contributed by atoms with Gasteiger partial charge >= 0.3 is 11.9 Å². The van der Waals surface area contributed by atoms with E-state index < -0.39 is 223 Å². The van der Waals surface area contributed by atoms with Crippen LogP contribution in [0.2, 0.25) is 0 Å². The van der Waals surface area contributed by atoms with Gasteiger partial charge in [0, 0.05) is 50.5 Å². The van der Waals surface area contributed by atoms with Crippen molar-refractivity contribution in [2.24, 2.45) is 46.6 Å². The molecule has 0 saturated heterocycles. The lowest BCUT2D eigenvalue weighted by molar-refractivity contribution is -0.142. The van der Waals surface area contributed by atoms with Crippen molar-refractivity contribution in [2.45, 2.75) is 230 Å². The number of carboxylic acids is 2. The fourth-order valence-corrected chi connectivity index (χ4v) is 12.4. The molecule has 0 aliphatic heterocycles. The van der Waals surface area contributed by atoms with Crippen molar-refractivity contribution in [2.75, 3.05) is 19.7 Å². The Balaban J connectivity index is 1.66. The number of aromatic nitrogens is 2. The summed E-state index contributed by atoms with van der Waals surface area (Å²) in [6.45, 7) is 12.8. The number of hydrogen-bond donors (Lipinski definition) is 22. The van der Waals surface area contributed by atoms with Gasteiger partial charge in [-0.05, 0) is 85.4 Å². The molecule has 648 valence electrons. The smallest absolute Gasteiger partial charge is 0.326 e. The lowest BCUT2D eigenvalue weighted by Gasteiger charge is -2.31. The molecule has 0 radical (unpaired) electrons. The normalized spacial score (nSPS) is 15.2. The van der Waals surface area contributed by atoms with Gasteiger partial charge in [0.05, 0.1) is 19.4 Å². The van der Waals surface area contributed by atoms with E-state index >= 15 is 0 Å². The maximum atomic E-state index is 15.0. The topological polar surface area (TPSA) is 630 Å². The van der Waals surface area contributed by atoms with Crippen LogP contribution < -0.4 is 92.1 Å². The lowest BCUT2D eigenvalue weighted by Crippen LogP contribution is -2.62. The highest BCUT2D eigenvalue weighted by atomic mass is 16.4. The number of benzene rings is 3. The number of carboxylic acid groups (broad SMARTS) is 2. The first-order valence-corrected chi connectivity index (χ1v) is 39.7. The SMILES string of the molecule is CC[C@H](C)[C@H](NC(=O)[C@H](CCCNC(=N)N)NC(=O)[C@H](Cc1ccccc1)NC(=O)[C@@H](NC(=O)[C@@H](NC(=O)[C@H](CCCCN)NC(=O)[C@H](Cc1cnc[nH]1)NC(=O)[C@H](CCC(=O)O)NC(=O)[C@H](Cc1ccccc1)NC(=O)[C@@H](NC(=O)[C@@H](N)CO)[C@@H](C)CC)[C@@H](C)CC)C(C)C)C(=O)N[C@@H](CC(N)=O)C(=O)N[C@@H](Cc1ccccc1)C(=O)O. The Kier molecular flexibility index (Phi) is 42.7. The van der Waals surface area contributed by atoms with E-state index in [0.29, 0.717) is 35.2 Å². The summed E-state index contributed by atoms with van der Waals surface area (Å²) in [6.07, 6.45) is 1.04. The molecule has 26 N–H and O–H groups in total. The summed E-state index contributed by atoms with van der Waals surface area (Å²) < 4.78 is 0. The number of carbonyl (C=O) groups is 15. The number of nitrogens with zero attached hydrogens (tertiary/aromatic N) is 1. The summed E-state index contributed by atoms with van der Waals surface area (Å²) >= 11 is 0. The van der Waals surface area contributed by atoms with Crippen LogP contribution in [-0.2, 0) is 97.6 Å². The molecule has 38 heteroatoms. The number of amides is 13. The van der Waals surface area contributed by atoms with Gasteiger partial charge in [0.25, 0.3) is 0 Å². The second-order valence-corrected chi connectivity index (χ2v) is 29.7. The molecule has 0 aliphatic rings. The predicted molar refractivity (Wildman–Crippen MR) is 435 cm³/mol. The summed E-state index contributed by atoms with van der Waals surface area (Å²) in [5.74, 6) is -18.1. The Morgan fingerprint density at radius 3 is 1.17 bits per heavy atom. The van der Waals surface area contributed by atoms with Crippen LogP contribution >= 0.6 is 0 Å². The molecule has 0 spiro atoms. The van der Waals surface area contributed by atoms with E-state index in [4.69, 9.17) is 28.3 Å². The van der Waals surface area contributed by atoms with Gasteiger partial charge in [-0.1, -0.05) is 166 Å². The standard InChI is InChI=1S/C80H120N20O18/c1-9-45(6)64(98-67(105)52(82)42-101)76(114)94-57(37-49-26-17-13-18-27-49)72(110)91-55(32-33-62(103)104)68(106)92-58(39-51-41-86-43-88-51)73(111)89-53(30-21-22-34-81)69(107)100-66(47(8)11-3)78(116)97-63(44(4)5)75(113)93-56(36-48-24-15-12-16-25-48)71(109)90-54(31-23-35-87-80(84)85)70(108)99-65(46(7)10-2)77(115)95-59(40-61(83)102)74(112)96-60(79(117)118)38-50-28-19-14-20-29-50/h12-20,24-29,41,43-47,52-60,63-66,101H,9-11,21-23,30-40,42,81-82H2,1-8H3,(H2,83,102)(H,86,88)(H,89,111)(H,90,109)(H,91,110)(H,92,106)(H,93,113)(H,94,114)(H,95,115)(H,96,112)(H,97,116)(H,98,105)(H,99,108)(H,100,107)(H,103,104)(H,117,118)(H4,84,85,87)/t45-,46-,47-,52-,53-,54-,55-,56-,57-,58-,59-,60-,63-,64-,65-,66-/m0/s1. The van der Waals surface area contributed by atoms with Crippen LogP contribution in [0.1, 0.15) is 148 Å². The number of nitrogens with one attached hydrogen (secondary N) is 15. The summed E-state index contributed by atoms with van der Waals surface area (Å²) in [5.41, 5.74) is 24.7. The number of aliphatic carboxylic acids is 2. The van der Waals surface area contributed by atoms with Gasteiger partial charge in [0.15, 0.2) is 5.96 Å². The Labute approximate surface area is 686 Å². The van der Waals surface area contributed by atoms with E-state index in [0.717, 1.165) is 0 Å². The average Bonchev–Trinajstić information content (AvgIpc) is 0.923. The van der Waals surface area contributed by atoms with Crippen LogP contribution in [0.5, 0.6) is 0 Å². The minimum absolute atomic E-state index is 0.0220. The summed E-state index contributed by atoms with van der Waals surface area (Å²) in [4.78, 5) is 218. The van der Waals surface area contributed by atoms with Gasteiger partial charge in [-0.25, -0.2) is 9.78 Å². The number of imidazole rings is 1. The molecule has 4 rings (SSSR count). The number of aliphatic hydroxyl groups excluding tert-OH is 1. The van der Waals surface area contributed by atoms with Crippen LogP contribution in [0.3, 0.4) is 0 Å². The van der Waals surface area contributed by atoms with Crippen molar-refractivity contribution in [3.8, 4) is 0 Å². The molecule has 0 aliphatic carbocycles. The predicted octanol–water partition coefficient (Wildman–Crippen LogP) is -2.17. The summed E-state index contributed by atoms with van der Waals surface area (Å²) in [7, 11) is 0. The molecule has 4 aromatic rings. The minimum Gasteiger partial charge on any atom is -0.481 e. The monoisotopic (exact) mass is 1650 g/mol. The second-order valence-electron chi connectivity index (χ2n) is 29.7. The molecular weight excluding hydrogens is 1530 g/mol. The quantitative estimate of drug-likeness (QED) is 0.0127. The number of aromatic amines is 1. The zero-order valence-electron chi connectivity index (χ0n) is 68.1. The number of guanidine groups is 1. The number of carbonyl (C=O) groups excluding carboxylic acids is 13. The Morgan fingerprint density at radius 1 is 0.432 bits per heavy atom. The maximum absolute atomic E-state index is 15.0. The van der Waals surface area contributed by atoms with Crippen LogP contribution in [0, 0.1) is 29.1 Å². The minimum atomic E-state index is -1.72. The number of aliphatic hydroxyl groups is 1. The number of primary amides is 1. The first-order valence-electron chi connectivity index (χ1n) is 39.7. The average molecular weight is 1650 g/mol. The first-order chi connectivity index (χ1) is 56.0. The molecule has 1 heterocycles. The molecule has 3 aromatic carbocycles. The molecular formula is C80H120N20O18. The molecule has 38 nitrogen and oxygen atoms in total. The largest absolute Gasteiger partial charge is 0.481 e. The van der Waals surface area contributed by atoms with Crippen molar-refractivity contribution in [3.05, 3.63) is 126 Å². The number of nitrogens with two attached hydrogens (primary N) is 4. The zero-order chi connectivity index (χ0) is 87.7. The van der Waals surface area contributed by atoms with E-state index in [-0.39, 0.29) is 77.3 Å². The van der Waals surface area contributed by atoms with Crippen molar-refractivity contribution in [1.29, 1.82) is 5.41 Å². The third kappa shape index (κ3) is 34.1. The highest BCUT2D eigenvalue weighted by Gasteiger charge is 2.40. The van der Waals surface area contributed by atoms with E-state index in [1.165, 1.54) is 12.5 Å². The highest BCUT2D eigenvalue weighted by Crippen LogP contribution is 2.18. The molecule has 16 atom stereocenters. The number of rotatable bonds is 54. The number of H-pyrrole nitrogens is 1. The maximum Gasteiger partial charge on any atom is 0.326 e. The highest BCUT2D eigenvalue weighted by molar-refractivity contribution is 6.01. The van der Waals surface area contributed by atoms with Crippen LogP contribution in [0.15, 0.2) is 104 Å². The van der Waals surface area contributed by atoms with Gasteiger partial charge in [-0.15, -0.1) is 0 Å². The zero-order valence-corrected chi connectivity index (χ0v) is 68.1. The van der Waals surface area contributed by atoms with Crippen LogP contribution in [0.25, 0.3) is 0 Å². The van der Waals surface area contributed by atoms with Gasteiger partial charge in [0.1, 0.15) is 78.5 Å². The van der Waals surface area contributed by atoms with Crippen molar-refractivity contribution in [3.63, 3.8) is 0 Å². The molecule has 118 heavy (non-hydrogen) atoms. The lowest BCUT2D eigenvalue weighted by atomic mass is 9.95. The molecule has 0 bridgehead atoms. The van der Waals surface area contributed by atoms with E-state index in [1.54, 1.807) is 146 Å². The molecule has 13 amide bonds. The van der Waals surface area contributed by atoms with Gasteiger partial charge in [-0.2, -0.15) is 0 Å². The Hall–Kier alpha value is -11.9. The second kappa shape index (κ2) is 51.2. The summed E-state index contributed by atoms with van der Waals surface area (Å²) in [6, 6.07) is 5.68. The number of hydrogen-bond acceptors (Lipinski definition) is 20. The number of unbranched alkanes of at least 4 members (excludes halogenated alkanes) is 1. The molecule has 0 saturated carbocycles. The first kappa shape index (κ1) is 98.4. The van der Waals surface area contributed by atoms with Gasteiger partial charge in [-0.3, -0.25) is 72.5 Å². The van der Waals surface area contributed by atoms with Crippen LogP contribution in [-0.4, -0.2) is 218 Å². The third-order valence-corrected chi connectivity index (χ3v) is 20.0. The molecule has 0 unspecified atom stereocenters. The van der Waals surface area contributed by atoms with Crippen molar-refractivity contribution < 1.29 is 87.2 Å². The van der Waals surface area contributed by atoms with E-state index in [9.17, 15) is 87.2 Å². The Bertz CT molecular complexity index is 3960. The van der Waals surface area contributed by atoms with Crippen molar-refractivity contribution >= 4 is 94.7 Å². The molecule has 0 fully saturated rings. The molecule has 1 aromatic heterocycles. The summed E-state index contributed by atoms with van der Waals surface area (Å²) in [5, 5.41) is 71.4. The van der Waals surface area contributed by atoms with Crippen LogP contribution in [0.4, 0.5) is 0 Å². The van der Waals surface area contributed by atoms with Gasteiger partial charge < -0.3 is 112 Å². The van der Waals surface area contributed by atoms with Crippen molar-refractivity contribution in [1.82, 2.24) is 79.1 Å². The Morgan fingerprint density at radius 2 is 0.780 bits per heavy atom. The fraction of sp³-hybridized carbons (Fsp3) is 0.537. The van der Waals surface area contributed by atoms with E-state index in [2.05, 4.69) is 79.1 Å².